The van der Waals surface area contributed by atoms with E-state index in [1.165, 1.54) is 0 Å². The zero-order valence-electron chi connectivity index (χ0n) is 11.6. The molecule has 1 aliphatic carbocycles. The van der Waals surface area contributed by atoms with Crippen LogP contribution in [0.1, 0.15) is 53.4 Å². The SMILES string of the molecule is CCC(C)N(CC)C1CC(C)CCC1C(=O)O. The molecule has 100 valence electrons. The Balaban J connectivity index is 2.82. The fourth-order valence-corrected chi connectivity index (χ4v) is 3.11. The molecule has 0 amide bonds. The average molecular weight is 241 g/mol. The Morgan fingerprint density at radius 3 is 2.53 bits per heavy atom. The second-order valence-corrected chi connectivity index (χ2v) is 5.52. The van der Waals surface area contributed by atoms with E-state index in [2.05, 4.69) is 32.6 Å². The van der Waals surface area contributed by atoms with Gasteiger partial charge >= 0.3 is 5.97 Å². The van der Waals surface area contributed by atoms with E-state index < -0.39 is 5.97 Å². The Morgan fingerprint density at radius 2 is 2.06 bits per heavy atom. The minimum absolute atomic E-state index is 0.167. The number of hydrogen-bond donors (Lipinski definition) is 1. The largest absolute Gasteiger partial charge is 0.481 e. The fourth-order valence-electron chi connectivity index (χ4n) is 3.11. The van der Waals surface area contributed by atoms with Gasteiger partial charge in [0.25, 0.3) is 0 Å². The van der Waals surface area contributed by atoms with Crippen LogP contribution in [-0.2, 0) is 4.79 Å². The van der Waals surface area contributed by atoms with E-state index in [1.54, 1.807) is 0 Å². The van der Waals surface area contributed by atoms with Crippen molar-refractivity contribution in [3.05, 3.63) is 0 Å². The van der Waals surface area contributed by atoms with Gasteiger partial charge in [-0.3, -0.25) is 9.69 Å². The minimum atomic E-state index is -0.608. The van der Waals surface area contributed by atoms with Gasteiger partial charge in [-0.25, -0.2) is 0 Å². The first kappa shape index (κ1) is 14.5. The highest BCUT2D eigenvalue weighted by Crippen LogP contribution is 2.33. The normalized spacial score (nSPS) is 31.5. The number of carboxylic acids is 1. The predicted molar refractivity (Wildman–Crippen MR) is 70.1 cm³/mol. The molecule has 1 saturated carbocycles. The van der Waals surface area contributed by atoms with Gasteiger partial charge in [0.05, 0.1) is 5.92 Å². The summed E-state index contributed by atoms with van der Waals surface area (Å²) in [5, 5.41) is 9.37. The maximum atomic E-state index is 11.4. The van der Waals surface area contributed by atoms with Gasteiger partial charge < -0.3 is 5.11 Å². The molecule has 0 saturated heterocycles. The van der Waals surface area contributed by atoms with Crippen molar-refractivity contribution in [1.29, 1.82) is 0 Å². The van der Waals surface area contributed by atoms with Crippen molar-refractivity contribution in [1.82, 2.24) is 4.90 Å². The Hall–Kier alpha value is -0.570. The molecule has 1 aliphatic rings. The van der Waals surface area contributed by atoms with Crippen LogP contribution in [0, 0.1) is 11.8 Å². The zero-order valence-corrected chi connectivity index (χ0v) is 11.6. The van der Waals surface area contributed by atoms with E-state index in [4.69, 9.17) is 0 Å². The quantitative estimate of drug-likeness (QED) is 0.804. The fraction of sp³-hybridized carbons (Fsp3) is 0.929. The van der Waals surface area contributed by atoms with Crippen molar-refractivity contribution in [2.24, 2.45) is 11.8 Å². The summed E-state index contributed by atoms with van der Waals surface area (Å²) in [5.41, 5.74) is 0. The second kappa shape index (κ2) is 6.39. The standard InChI is InChI=1S/C14H27NO2/c1-5-11(4)15(6-2)13-9-10(3)7-8-12(13)14(16)17/h10-13H,5-9H2,1-4H3,(H,16,17). The predicted octanol–water partition coefficient (Wildman–Crippen LogP) is 3.00. The molecule has 1 rings (SSSR count). The summed E-state index contributed by atoms with van der Waals surface area (Å²) in [6.07, 6.45) is 4.03. The molecule has 0 aromatic heterocycles. The van der Waals surface area contributed by atoms with Crippen molar-refractivity contribution in [3.8, 4) is 0 Å². The second-order valence-electron chi connectivity index (χ2n) is 5.52. The highest BCUT2D eigenvalue weighted by molar-refractivity contribution is 5.71. The van der Waals surface area contributed by atoms with Crippen molar-refractivity contribution in [3.63, 3.8) is 0 Å². The van der Waals surface area contributed by atoms with Crippen LogP contribution in [-0.4, -0.2) is 34.6 Å². The summed E-state index contributed by atoms with van der Waals surface area (Å²) < 4.78 is 0. The first-order valence-electron chi connectivity index (χ1n) is 6.99. The molecule has 17 heavy (non-hydrogen) atoms. The number of nitrogens with zero attached hydrogens (tertiary/aromatic N) is 1. The highest BCUT2D eigenvalue weighted by Gasteiger charge is 2.37. The Labute approximate surface area is 105 Å². The lowest BCUT2D eigenvalue weighted by atomic mass is 9.77. The van der Waals surface area contributed by atoms with Crippen LogP contribution in [0.2, 0.25) is 0 Å². The van der Waals surface area contributed by atoms with Crippen LogP contribution in [0.3, 0.4) is 0 Å². The van der Waals surface area contributed by atoms with Gasteiger partial charge in [-0.05, 0) is 45.1 Å². The lowest BCUT2D eigenvalue weighted by Crippen LogP contribution is -2.50. The summed E-state index contributed by atoms with van der Waals surface area (Å²) in [6.45, 7) is 9.73. The Bertz CT molecular complexity index is 255. The molecular weight excluding hydrogens is 214 g/mol. The Kier molecular flexibility index (Phi) is 5.44. The van der Waals surface area contributed by atoms with E-state index in [1.807, 2.05) is 0 Å². The first-order chi connectivity index (χ1) is 8.01. The van der Waals surface area contributed by atoms with Crippen molar-refractivity contribution >= 4 is 5.97 Å². The van der Waals surface area contributed by atoms with Gasteiger partial charge in [0, 0.05) is 12.1 Å². The maximum Gasteiger partial charge on any atom is 0.308 e. The molecule has 0 aliphatic heterocycles. The number of aliphatic carboxylic acids is 1. The summed E-state index contributed by atoms with van der Waals surface area (Å²) in [4.78, 5) is 13.8. The van der Waals surface area contributed by atoms with Crippen LogP contribution < -0.4 is 0 Å². The molecule has 3 nitrogen and oxygen atoms in total. The molecule has 1 fully saturated rings. The summed E-state index contributed by atoms with van der Waals surface area (Å²) in [5.74, 6) is -0.113. The number of rotatable bonds is 5. The highest BCUT2D eigenvalue weighted by atomic mass is 16.4. The molecule has 0 aromatic carbocycles. The summed E-state index contributed by atoms with van der Waals surface area (Å²) >= 11 is 0. The van der Waals surface area contributed by atoms with Gasteiger partial charge in [0.1, 0.15) is 0 Å². The van der Waals surface area contributed by atoms with Crippen LogP contribution in [0.4, 0.5) is 0 Å². The third-order valence-electron chi connectivity index (χ3n) is 4.34. The molecule has 4 atom stereocenters. The molecule has 3 heteroatoms. The number of carboxylic acid groups (broad SMARTS) is 1. The van der Waals surface area contributed by atoms with Gasteiger partial charge in [-0.1, -0.05) is 20.8 Å². The third-order valence-corrected chi connectivity index (χ3v) is 4.34. The molecular formula is C14H27NO2. The maximum absolute atomic E-state index is 11.4. The topological polar surface area (TPSA) is 40.5 Å². The van der Waals surface area contributed by atoms with E-state index in [-0.39, 0.29) is 12.0 Å². The van der Waals surface area contributed by atoms with E-state index in [0.717, 1.165) is 32.2 Å². The van der Waals surface area contributed by atoms with Crippen molar-refractivity contribution < 1.29 is 9.90 Å². The summed E-state index contributed by atoms with van der Waals surface area (Å²) in [7, 11) is 0. The van der Waals surface area contributed by atoms with Crippen LogP contribution >= 0.6 is 0 Å². The monoisotopic (exact) mass is 241 g/mol. The molecule has 0 spiro atoms. The zero-order chi connectivity index (χ0) is 13.0. The van der Waals surface area contributed by atoms with E-state index >= 15 is 0 Å². The summed E-state index contributed by atoms with van der Waals surface area (Å²) in [6, 6.07) is 0.716. The van der Waals surface area contributed by atoms with Gasteiger partial charge in [0.15, 0.2) is 0 Å². The molecule has 0 heterocycles. The molecule has 1 N–H and O–H groups in total. The van der Waals surface area contributed by atoms with Crippen molar-refractivity contribution in [2.45, 2.75) is 65.5 Å². The Morgan fingerprint density at radius 1 is 1.41 bits per heavy atom. The smallest absolute Gasteiger partial charge is 0.308 e. The van der Waals surface area contributed by atoms with Gasteiger partial charge in [0.2, 0.25) is 0 Å². The lowest BCUT2D eigenvalue weighted by Gasteiger charge is -2.42. The van der Waals surface area contributed by atoms with Crippen LogP contribution in [0.15, 0.2) is 0 Å². The van der Waals surface area contributed by atoms with Gasteiger partial charge in [-0.15, -0.1) is 0 Å². The van der Waals surface area contributed by atoms with E-state index in [9.17, 15) is 9.90 Å². The third kappa shape index (κ3) is 3.44. The average Bonchev–Trinajstić information content (AvgIpc) is 2.29. The van der Waals surface area contributed by atoms with Crippen LogP contribution in [0.5, 0.6) is 0 Å². The van der Waals surface area contributed by atoms with Crippen molar-refractivity contribution in [2.75, 3.05) is 6.54 Å². The lowest BCUT2D eigenvalue weighted by molar-refractivity contribution is -0.146. The number of hydrogen-bond acceptors (Lipinski definition) is 2. The van der Waals surface area contributed by atoms with E-state index in [0.29, 0.717) is 12.0 Å². The molecule has 0 bridgehead atoms. The molecule has 0 radical (unpaired) electrons. The molecule has 4 unspecified atom stereocenters. The first-order valence-corrected chi connectivity index (χ1v) is 6.99. The molecule has 0 aromatic rings. The van der Waals surface area contributed by atoms with Gasteiger partial charge in [-0.2, -0.15) is 0 Å². The minimum Gasteiger partial charge on any atom is -0.481 e. The number of carbonyl (C=O) groups is 1. The van der Waals surface area contributed by atoms with Crippen LogP contribution in [0.25, 0.3) is 0 Å².